The van der Waals surface area contributed by atoms with Crippen LogP contribution in [0.15, 0.2) is 79.0 Å². The van der Waals surface area contributed by atoms with Crippen molar-refractivity contribution in [1.29, 1.82) is 0 Å². The molecule has 0 bridgehead atoms. The highest BCUT2D eigenvalue weighted by Gasteiger charge is 2.35. The summed E-state index contributed by atoms with van der Waals surface area (Å²) in [5.74, 6) is 0.399. The van der Waals surface area contributed by atoms with E-state index < -0.39 is 5.60 Å². The highest BCUT2D eigenvalue weighted by Crippen LogP contribution is 2.42. The number of phenolic OH excluding ortho intramolecular Hbond substituents is 1. The van der Waals surface area contributed by atoms with Crippen LogP contribution in [-0.2, 0) is 6.42 Å². The zero-order valence-electron chi connectivity index (χ0n) is 18.8. The molecular weight excluding hydrogens is 448 g/mol. The molecule has 5 nitrogen and oxygen atoms in total. The molecule has 4 aromatic rings. The summed E-state index contributed by atoms with van der Waals surface area (Å²) in [4.78, 5) is 13.2. The first-order chi connectivity index (χ1) is 16.3. The van der Waals surface area contributed by atoms with Gasteiger partial charge < -0.3 is 9.84 Å². The molecule has 5 rings (SSSR count). The lowest BCUT2D eigenvalue weighted by Gasteiger charge is -2.17. The number of fused-ring (bicyclic) bond motifs is 1. The molecule has 6 heteroatoms. The lowest BCUT2D eigenvalue weighted by molar-refractivity contribution is 0.103. The molecule has 1 aliphatic heterocycles. The Hall–Kier alpha value is -3.83. The average molecular weight is 471 g/mol. The van der Waals surface area contributed by atoms with Crippen LogP contribution in [0.2, 0.25) is 5.02 Å². The zero-order valence-corrected chi connectivity index (χ0v) is 19.6. The minimum absolute atomic E-state index is 0.148. The Bertz CT molecular complexity index is 1400. The molecule has 0 fully saturated rings. The number of hydrogen-bond acceptors (Lipinski definition) is 4. The van der Waals surface area contributed by atoms with Gasteiger partial charge in [-0.15, -0.1) is 0 Å². The van der Waals surface area contributed by atoms with Gasteiger partial charge in [0.05, 0.1) is 16.9 Å². The maximum Gasteiger partial charge on any atom is 0.189 e. The Morgan fingerprint density at radius 3 is 2.56 bits per heavy atom. The smallest absolute Gasteiger partial charge is 0.189 e. The number of benzene rings is 3. The summed E-state index contributed by atoms with van der Waals surface area (Å²) < 4.78 is 7.79. The summed E-state index contributed by atoms with van der Waals surface area (Å²) in [5, 5.41) is 15.7. The molecular formula is C28H23ClN2O3. The van der Waals surface area contributed by atoms with Crippen LogP contribution < -0.4 is 4.74 Å². The van der Waals surface area contributed by atoms with E-state index in [9.17, 15) is 9.90 Å². The third-order valence-corrected chi connectivity index (χ3v) is 6.03. The predicted octanol–water partition coefficient (Wildman–Crippen LogP) is 6.51. The van der Waals surface area contributed by atoms with Gasteiger partial charge in [-0.1, -0.05) is 41.9 Å². The van der Waals surface area contributed by atoms with Gasteiger partial charge in [-0.05, 0) is 62.4 Å². The first-order valence-electron chi connectivity index (χ1n) is 11.0. The van der Waals surface area contributed by atoms with Crippen molar-refractivity contribution in [2.24, 2.45) is 0 Å². The van der Waals surface area contributed by atoms with Gasteiger partial charge in [-0.2, -0.15) is 5.10 Å². The number of ether oxygens (including phenoxy) is 1. The molecule has 1 aromatic heterocycles. The number of allylic oxidation sites excluding steroid dienone is 1. The van der Waals surface area contributed by atoms with E-state index in [-0.39, 0.29) is 11.5 Å². The number of hydrogen-bond donors (Lipinski definition) is 1. The number of carbonyl (C=O) groups is 1. The van der Waals surface area contributed by atoms with Crippen LogP contribution in [0.25, 0.3) is 23.0 Å². The lowest BCUT2D eigenvalue weighted by atomic mass is 9.98. The third-order valence-electron chi connectivity index (χ3n) is 5.78. The van der Waals surface area contributed by atoms with E-state index in [2.05, 4.69) is 0 Å². The molecule has 1 aliphatic rings. The molecule has 0 aliphatic carbocycles. The van der Waals surface area contributed by atoms with Crippen LogP contribution in [-0.4, -0.2) is 26.3 Å². The first-order valence-corrected chi connectivity index (χ1v) is 11.4. The van der Waals surface area contributed by atoms with Crippen LogP contribution in [0.1, 0.15) is 35.3 Å². The Labute approximate surface area is 202 Å². The van der Waals surface area contributed by atoms with Crippen LogP contribution in [0.4, 0.5) is 0 Å². The van der Waals surface area contributed by atoms with E-state index >= 15 is 0 Å². The number of aromatic hydroxyl groups is 1. The van der Waals surface area contributed by atoms with Crippen molar-refractivity contribution in [1.82, 2.24) is 9.78 Å². The Balaban J connectivity index is 1.53. The fraction of sp³-hybridized carbons (Fsp3) is 0.143. The van der Waals surface area contributed by atoms with Crippen molar-refractivity contribution < 1.29 is 14.6 Å². The SMILES string of the molecule is CC1(C)Cc2c(O)ccc(C(=O)/C=C/c3cn(-c4ccccc4)nc3-c3ccc(Cl)cc3)c2O1. The van der Waals surface area contributed by atoms with Gasteiger partial charge in [-0.3, -0.25) is 4.79 Å². The molecule has 0 radical (unpaired) electrons. The number of carbonyl (C=O) groups excluding carboxylic acids is 1. The molecule has 0 amide bonds. The maximum absolute atomic E-state index is 13.2. The fourth-order valence-corrected chi connectivity index (χ4v) is 4.27. The fourth-order valence-electron chi connectivity index (χ4n) is 4.15. The van der Waals surface area contributed by atoms with Gasteiger partial charge in [0, 0.05) is 34.3 Å². The van der Waals surface area contributed by atoms with Gasteiger partial charge in [0.15, 0.2) is 5.78 Å². The van der Waals surface area contributed by atoms with Gasteiger partial charge >= 0.3 is 0 Å². The second kappa shape index (κ2) is 8.50. The second-order valence-corrected chi connectivity index (χ2v) is 9.33. The van der Waals surface area contributed by atoms with Gasteiger partial charge in [0.2, 0.25) is 0 Å². The van der Waals surface area contributed by atoms with Crippen molar-refractivity contribution in [3.05, 3.63) is 101 Å². The maximum atomic E-state index is 13.2. The molecule has 0 spiro atoms. The molecule has 34 heavy (non-hydrogen) atoms. The van der Waals surface area contributed by atoms with Crippen LogP contribution in [0.5, 0.6) is 11.5 Å². The molecule has 0 atom stereocenters. The number of rotatable bonds is 5. The summed E-state index contributed by atoms with van der Waals surface area (Å²) in [6, 6.07) is 20.4. The van der Waals surface area contributed by atoms with E-state index in [1.165, 1.54) is 6.08 Å². The van der Waals surface area contributed by atoms with E-state index in [1.54, 1.807) is 22.9 Å². The normalized spacial score (nSPS) is 14.2. The van der Waals surface area contributed by atoms with Gasteiger partial charge in [0.1, 0.15) is 17.1 Å². The monoisotopic (exact) mass is 470 g/mol. The standard InChI is InChI=1S/C28H23ClN2O3/c1-28(2)16-23-25(33)15-13-22(27(23)34-28)24(32)14-10-19-17-31(21-6-4-3-5-7-21)30-26(19)18-8-11-20(29)12-9-18/h3-15,17,33H,16H2,1-2H3/b14-10+. The van der Waals surface area contributed by atoms with Gasteiger partial charge in [-0.25, -0.2) is 4.68 Å². The Kier molecular flexibility index (Phi) is 5.50. The van der Waals surface area contributed by atoms with Crippen molar-refractivity contribution in [2.45, 2.75) is 25.9 Å². The minimum atomic E-state index is -0.474. The summed E-state index contributed by atoms with van der Waals surface area (Å²) in [7, 11) is 0. The molecule has 2 heterocycles. The lowest BCUT2D eigenvalue weighted by Crippen LogP contribution is -2.25. The number of halogens is 1. The second-order valence-electron chi connectivity index (χ2n) is 8.90. The van der Waals surface area contributed by atoms with Gasteiger partial charge in [0.25, 0.3) is 0 Å². The van der Waals surface area contributed by atoms with E-state index in [1.807, 2.05) is 74.6 Å². The third kappa shape index (κ3) is 4.22. The summed E-state index contributed by atoms with van der Waals surface area (Å²) in [6.45, 7) is 3.87. The van der Waals surface area contributed by atoms with E-state index in [0.717, 1.165) is 22.5 Å². The highest BCUT2D eigenvalue weighted by molar-refractivity contribution is 6.30. The Morgan fingerprint density at radius 1 is 1.09 bits per heavy atom. The Morgan fingerprint density at radius 2 is 1.82 bits per heavy atom. The molecule has 0 unspecified atom stereocenters. The summed E-state index contributed by atoms with van der Waals surface area (Å²) in [6.07, 6.45) is 5.72. The average Bonchev–Trinajstić information content (AvgIpc) is 3.39. The number of nitrogens with zero attached hydrogens (tertiary/aromatic N) is 2. The zero-order chi connectivity index (χ0) is 23.9. The highest BCUT2D eigenvalue weighted by atomic mass is 35.5. The van der Waals surface area contributed by atoms with Crippen molar-refractivity contribution in [2.75, 3.05) is 0 Å². The topological polar surface area (TPSA) is 64.3 Å². The molecule has 0 saturated heterocycles. The van der Waals surface area contributed by atoms with Crippen molar-refractivity contribution >= 4 is 23.5 Å². The summed E-state index contributed by atoms with van der Waals surface area (Å²) in [5.41, 5.74) is 3.95. The summed E-state index contributed by atoms with van der Waals surface area (Å²) >= 11 is 6.07. The van der Waals surface area contributed by atoms with Crippen LogP contribution in [0, 0.1) is 0 Å². The number of phenols is 1. The number of para-hydroxylation sites is 1. The van der Waals surface area contributed by atoms with E-state index in [4.69, 9.17) is 21.4 Å². The molecule has 3 aromatic carbocycles. The minimum Gasteiger partial charge on any atom is -0.508 e. The van der Waals surface area contributed by atoms with Crippen molar-refractivity contribution in [3.8, 4) is 28.4 Å². The van der Waals surface area contributed by atoms with Crippen LogP contribution >= 0.6 is 11.6 Å². The van der Waals surface area contributed by atoms with E-state index in [0.29, 0.717) is 28.3 Å². The molecule has 1 N–H and O–H groups in total. The molecule has 0 saturated carbocycles. The van der Waals surface area contributed by atoms with Crippen molar-refractivity contribution in [3.63, 3.8) is 0 Å². The largest absolute Gasteiger partial charge is 0.508 e. The first kappa shape index (κ1) is 22.0. The molecule has 170 valence electrons. The van der Waals surface area contributed by atoms with Crippen LogP contribution in [0.3, 0.4) is 0 Å². The predicted molar refractivity (Wildman–Crippen MR) is 134 cm³/mol. The number of aromatic nitrogens is 2. The quantitative estimate of drug-likeness (QED) is 0.267. The number of ketones is 1.